The number of aromatic nitrogens is 2. The third kappa shape index (κ3) is 5.21. The summed E-state index contributed by atoms with van der Waals surface area (Å²) in [7, 11) is 0. The second-order valence-corrected chi connectivity index (χ2v) is 7.40. The second kappa shape index (κ2) is 9.86. The molecule has 4 aromatic rings. The molecule has 1 aromatic heterocycles. The van der Waals surface area contributed by atoms with E-state index in [9.17, 15) is 23.9 Å². The number of halogens is 1. The normalized spacial score (nSPS) is 11.6. The number of para-hydroxylation sites is 2. The summed E-state index contributed by atoms with van der Waals surface area (Å²) in [6.45, 7) is 0. The van der Waals surface area contributed by atoms with E-state index in [4.69, 9.17) is 4.74 Å². The quantitative estimate of drug-likeness (QED) is 0.367. The first kappa shape index (κ1) is 22.5. The predicted octanol–water partition coefficient (Wildman–Crippen LogP) is 4.04. The third-order valence-corrected chi connectivity index (χ3v) is 5.00. The molecule has 172 valence electrons. The number of amides is 1. The number of rotatable bonds is 8. The molecular weight excluding hydrogens is 441 g/mol. The minimum atomic E-state index is -1.12. The Morgan fingerprint density at radius 1 is 0.971 bits per heavy atom. The van der Waals surface area contributed by atoms with Gasteiger partial charge in [0.15, 0.2) is 0 Å². The topological polar surface area (TPSA) is 113 Å². The van der Waals surface area contributed by atoms with E-state index in [1.807, 2.05) is 18.2 Å². The summed E-state index contributed by atoms with van der Waals surface area (Å²) in [4.78, 5) is 36.5. The summed E-state index contributed by atoms with van der Waals surface area (Å²) in [6.07, 6.45) is -0.386. The highest BCUT2D eigenvalue weighted by Gasteiger charge is 2.21. The van der Waals surface area contributed by atoms with Gasteiger partial charge >= 0.3 is 5.97 Å². The highest BCUT2D eigenvalue weighted by molar-refractivity contribution is 5.92. The molecule has 3 N–H and O–H groups in total. The van der Waals surface area contributed by atoms with Crippen molar-refractivity contribution in [3.05, 3.63) is 112 Å². The van der Waals surface area contributed by atoms with Gasteiger partial charge in [0.1, 0.15) is 28.7 Å². The predicted molar refractivity (Wildman–Crippen MR) is 122 cm³/mol. The van der Waals surface area contributed by atoms with Crippen molar-refractivity contribution in [2.75, 3.05) is 0 Å². The van der Waals surface area contributed by atoms with E-state index in [-0.39, 0.29) is 17.8 Å². The smallest absolute Gasteiger partial charge is 0.305 e. The Morgan fingerprint density at radius 2 is 1.62 bits per heavy atom. The van der Waals surface area contributed by atoms with Crippen LogP contribution in [0.4, 0.5) is 4.39 Å². The molecular formula is C25H20FN3O5. The zero-order valence-electron chi connectivity index (χ0n) is 17.8. The lowest BCUT2D eigenvalue weighted by Crippen LogP contribution is -2.30. The summed E-state index contributed by atoms with van der Waals surface area (Å²) >= 11 is 0. The van der Waals surface area contributed by atoms with Gasteiger partial charge in [-0.15, -0.1) is 0 Å². The lowest BCUT2D eigenvalue weighted by molar-refractivity contribution is -0.137. The molecule has 1 atom stereocenters. The number of hydrogen-bond donors (Lipinski definition) is 3. The maximum atomic E-state index is 14.1. The van der Waals surface area contributed by atoms with E-state index in [1.54, 1.807) is 42.5 Å². The number of carboxylic acid groups (broad SMARTS) is 1. The Hall–Kier alpha value is -4.66. The number of carbonyl (C=O) groups excluding carboxylic acids is 1. The summed E-state index contributed by atoms with van der Waals surface area (Å²) in [5, 5.41) is 14.5. The highest BCUT2D eigenvalue weighted by Crippen LogP contribution is 2.25. The van der Waals surface area contributed by atoms with Crippen molar-refractivity contribution in [1.82, 2.24) is 15.1 Å². The number of nitrogens with zero attached hydrogens (tertiary/aromatic N) is 1. The summed E-state index contributed by atoms with van der Waals surface area (Å²) in [5.41, 5.74) is -0.269. The number of carboxylic acids is 1. The molecule has 1 unspecified atom stereocenters. The van der Waals surface area contributed by atoms with Gasteiger partial charge in [-0.25, -0.2) is 9.07 Å². The molecule has 0 fully saturated rings. The van der Waals surface area contributed by atoms with Crippen molar-refractivity contribution in [3.63, 3.8) is 0 Å². The van der Waals surface area contributed by atoms with Crippen LogP contribution in [-0.2, 0) is 4.79 Å². The van der Waals surface area contributed by atoms with Gasteiger partial charge in [-0.2, -0.15) is 0 Å². The lowest BCUT2D eigenvalue weighted by atomic mass is 10.0. The number of hydrogen-bond acceptors (Lipinski definition) is 4. The van der Waals surface area contributed by atoms with Gasteiger partial charge in [0.2, 0.25) is 0 Å². The van der Waals surface area contributed by atoms with Crippen molar-refractivity contribution < 1.29 is 23.8 Å². The van der Waals surface area contributed by atoms with Gasteiger partial charge in [-0.05, 0) is 42.0 Å². The van der Waals surface area contributed by atoms with Crippen molar-refractivity contribution in [1.29, 1.82) is 0 Å². The molecule has 0 bridgehead atoms. The second-order valence-electron chi connectivity index (χ2n) is 7.40. The average Bonchev–Trinajstić information content (AvgIpc) is 3.21. The molecule has 0 radical (unpaired) electrons. The van der Waals surface area contributed by atoms with Crippen LogP contribution < -0.4 is 15.6 Å². The SMILES string of the molecule is O=C(O)CC(NC(=O)c1cc(=O)n(-c2ccccc2F)[nH]1)c1ccc(Oc2ccccc2)cc1. The maximum Gasteiger partial charge on any atom is 0.305 e. The monoisotopic (exact) mass is 461 g/mol. The van der Waals surface area contributed by atoms with E-state index in [1.165, 1.54) is 18.2 Å². The van der Waals surface area contributed by atoms with Crippen molar-refractivity contribution in [3.8, 4) is 17.2 Å². The van der Waals surface area contributed by atoms with E-state index in [2.05, 4.69) is 10.4 Å². The largest absolute Gasteiger partial charge is 0.481 e. The Balaban J connectivity index is 1.53. The molecule has 1 amide bonds. The fraction of sp³-hybridized carbons (Fsp3) is 0.0800. The number of H-pyrrole nitrogens is 1. The molecule has 0 spiro atoms. The van der Waals surface area contributed by atoms with Gasteiger partial charge in [0, 0.05) is 6.07 Å². The number of aromatic amines is 1. The molecule has 34 heavy (non-hydrogen) atoms. The van der Waals surface area contributed by atoms with Crippen LogP contribution in [0.2, 0.25) is 0 Å². The van der Waals surface area contributed by atoms with Crippen molar-refractivity contribution in [2.24, 2.45) is 0 Å². The van der Waals surface area contributed by atoms with Crippen LogP contribution in [0.3, 0.4) is 0 Å². The average molecular weight is 461 g/mol. The number of benzene rings is 3. The number of nitrogens with one attached hydrogen (secondary N) is 2. The zero-order chi connectivity index (χ0) is 24.1. The molecule has 0 aliphatic carbocycles. The Labute approximate surface area is 193 Å². The Bertz CT molecular complexity index is 1360. The highest BCUT2D eigenvalue weighted by atomic mass is 19.1. The van der Waals surface area contributed by atoms with Crippen molar-refractivity contribution >= 4 is 11.9 Å². The van der Waals surface area contributed by atoms with E-state index in [0.29, 0.717) is 17.1 Å². The van der Waals surface area contributed by atoms with Crippen LogP contribution in [-0.4, -0.2) is 26.8 Å². The summed E-state index contributed by atoms with van der Waals surface area (Å²) < 4.78 is 20.7. The number of ether oxygens (including phenoxy) is 1. The third-order valence-electron chi connectivity index (χ3n) is 5.00. The van der Waals surface area contributed by atoms with E-state index < -0.39 is 29.3 Å². The first-order valence-electron chi connectivity index (χ1n) is 10.3. The molecule has 0 aliphatic rings. The standard InChI is InChI=1S/C25H20FN3O5/c26-19-8-4-5-9-22(19)29-23(30)14-21(28-29)25(33)27-20(15-24(31)32)16-10-12-18(13-11-16)34-17-6-2-1-3-7-17/h1-14,20,28H,15H2,(H,27,33)(H,31,32). The van der Waals surface area contributed by atoms with Crippen LogP contribution in [0.5, 0.6) is 11.5 Å². The van der Waals surface area contributed by atoms with Crippen molar-refractivity contribution in [2.45, 2.75) is 12.5 Å². The minimum absolute atomic E-state index is 0.0392. The first-order chi connectivity index (χ1) is 16.4. The molecule has 4 rings (SSSR count). The van der Waals surface area contributed by atoms with Crippen LogP contribution in [0.15, 0.2) is 89.7 Å². The van der Waals surface area contributed by atoms with Gasteiger partial charge in [-0.1, -0.05) is 42.5 Å². The van der Waals surface area contributed by atoms with Gasteiger partial charge < -0.3 is 15.2 Å². The van der Waals surface area contributed by atoms with Crippen LogP contribution in [0.25, 0.3) is 5.69 Å². The summed E-state index contributed by atoms with van der Waals surface area (Å²) in [6, 6.07) is 21.5. The Morgan fingerprint density at radius 3 is 2.29 bits per heavy atom. The molecule has 1 heterocycles. The number of carbonyl (C=O) groups is 2. The van der Waals surface area contributed by atoms with Crippen LogP contribution >= 0.6 is 0 Å². The zero-order valence-corrected chi connectivity index (χ0v) is 17.8. The molecule has 0 aliphatic heterocycles. The molecule has 3 aromatic carbocycles. The lowest BCUT2D eigenvalue weighted by Gasteiger charge is -2.17. The summed E-state index contributed by atoms with van der Waals surface area (Å²) in [5.74, 6) is -1.27. The molecule has 0 saturated heterocycles. The maximum absolute atomic E-state index is 14.1. The molecule has 0 saturated carbocycles. The Kier molecular flexibility index (Phi) is 6.54. The fourth-order valence-electron chi connectivity index (χ4n) is 3.38. The van der Waals surface area contributed by atoms with Gasteiger partial charge in [0.05, 0.1) is 12.5 Å². The fourth-order valence-corrected chi connectivity index (χ4v) is 3.38. The first-order valence-corrected chi connectivity index (χ1v) is 10.3. The van der Waals surface area contributed by atoms with Gasteiger partial charge in [0.25, 0.3) is 11.5 Å². The minimum Gasteiger partial charge on any atom is -0.481 e. The molecule has 9 heteroatoms. The van der Waals surface area contributed by atoms with Crippen LogP contribution in [0, 0.1) is 5.82 Å². The van der Waals surface area contributed by atoms with Gasteiger partial charge in [-0.3, -0.25) is 19.5 Å². The van der Waals surface area contributed by atoms with E-state index in [0.717, 1.165) is 10.7 Å². The molecule has 8 nitrogen and oxygen atoms in total. The van der Waals surface area contributed by atoms with E-state index >= 15 is 0 Å². The van der Waals surface area contributed by atoms with Crippen LogP contribution in [0.1, 0.15) is 28.5 Å². The number of aliphatic carboxylic acids is 1.